The second-order valence-electron chi connectivity index (χ2n) is 5.38. The molecule has 5 nitrogen and oxygen atoms in total. The Balaban J connectivity index is 2.08. The largest absolute Gasteiger partial charge is 0.493 e. The molecule has 1 saturated carbocycles. The van der Waals surface area contributed by atoms with Gasteiger partial charge < -0.3 is 14.9 Å². The summed E-state index contributed by atoms with van der Waals surface area (Å²) in [4.78, 5) is 4.76. The summed E-state index contributed by atoms with van der Waals surface area (Å²) in [5, 5.41) is 0. The number of nitrogens with two attached hydrogens (primary N) is 1. The number of amidine groups is 1. The normalized spacial score (nSPS) is 16.6. The molecule has 0 unspecified atom stereocenters. The zero-order valence-corrected chi connectivity index (χ0v) is 12.9. The lowest BCUT2D eigenvalue weighted by Crippen LogP contribution is -2.33. The summed E-state index contributed by atoms with van der Waals surface area (Å²) < 4.78 is 10.6. The van der Waals surface area contributed by atoms with Crippen molar-refractivity contribution >= 4 is 5.84 Å². The number of hydrogen-bond acceptors (Lipinski definition) is 4. The van der Waals surface area contributed by atoms with Crippen LogP contribution in [0.2, 0.25) is 0 Å². The zero-order valence-electron chi connectivity index (χ0n) is 12.9. The molecule has 1 aromatic rings. The molecule has 1 fully saturated rings. The highest BCUT2D eigenvalue weighted by atomic mass is 16.5. The molecular weight excluding hydrogens is 266 g/mol. The molecule has 116 valence electrons. The van der Waals surface area contributed by atoms with Crippen LogP contribution in [0.5, 0.6) is 11.5 Å². The van der Waals surface area contributed by atoms with Gasteiger partial charge in [-0.15, -0.1) is 0 Å². The SMILES string of the molecule is COc1ccc(CC(=NC2CCCCC2)NN)cc1OC. The van der Waals surface area contributed by atoms with Gasteiger partial charge in [-0.1, -0.05) is 25.3 Å². The number of methoxy groups -OCH3 is 2. The Morgan fingerprint density at radius 1 is 1.19 bits per heavy atom. The van der Waals surface area contributed by atoms with E-state index in [1.54, 1.807) is 14.2 Å². The second-order valence-corrected chi connectivity index (χ2v) is 5.38. The Hall–Kier alpha value is -1.75. The first-order chi connectivity index (χ1) is 10.3. The Labute approximate surface area is 126 Å². The van der Waals surface area contributed by atoms with Crippen LogP contribution in [0.1, 0.15) is 37.7 Å². The molecule has 1 aliphatic rings. The maximum Gasteiger partial charge on any atom is 0.161 e. The van der Waals surface area contributed by atoms with Gasteiger partial charge in [0.05, 0.1) is 20.3 Å². The molecule has 0 spiro atoms. The number of hydrogen-bond donors (Lipinski definition) is 2. The topological polar surface area (TPSA) is 68.9 Å². The molecule has 0 amide bonds. The van der Waals surface area contributed by atoms with Crippen molar-refractivity contribution in [2.24, 2.45) is 10.8 Å². The van der Waals surface area contributed by atoms with Crippen molar-refractivity contribution in [2.45, 2.75) is 44.6 Å². The van der Waals surface area contributed by atoms with Crippen molar-refractivity contribution in [1.29, 1.82) is 0 Å². The summed E-state index contributed by atoms with van der Waals surface area (Å²) in [7, 11) is 3.27. The summed E-state index contributed by atoms with van der Waals surface area (Å²) in [6.45, 7) is 0. The van der Waals surface area contributed by atoms with E-state index in [-0.39, 0.29) is 0 Å². The molecule has 0 aliphatic heterocycles. The molecule has 0 heterocycles. The van der Waals surface area contributed by atoms with E-state index >= 15 is 0 Å². The van der Waals surface area contributed by atoms with Crippen LogP contribution in [-0.4, -0.2) is 26.1 Å². The maximum absolute atomic E-state index is 5.63. The lowest BCUT2D eigenvalue weighted by Gasteiger charge is -2.19. The minimum Gasteiger partial charge on any atom is -0.493 e. The van der Waals surface area contributed by atoms with E-state index in [4.69, 9.17) is 20.3 Å². The lowest BCUT2D eigenvalue weighted by molar-refractivity contribution is 0.354. The van der Waals surface area contributed by atoms with Gasteiger partial charge in [-0.05, 0) is 30.5 Å². The Bertz CT molecular complexity index is 482. The molecule has 0 radical (unpaired) electrons. The van der Waals surface area contributed by atoms with E-state index in [2.05, 4.69) is 5.43 Å². The Morgan fingerprint density at radius 2 is 1.90 bits per heavy atom. The molecule has 1 aliphatic carbocycles. The number of nitrogens with zero attached hydrogens (tertiary/aromatic N) is 1. The minimum atomic E-state index is 0.407. The number of aliphatic imine (C=N–C) groups is 1. The van der Waals surface area contributed by atoms with Crippen molar-refractivity contribution in [3.05, 3.63) is 23.8 Å². The van der Waals surface area contributed by atoms with Crippen LogP contribution in [0.25, 0.3) is 0 Å². The van der Waals surface area contributed by atoms with Gasteiger partial charge in [0.15, 0.2) is 11.5 Å². The van der Waals surface area contributed by atoms with Gasteiger partial charge >= 0.3 is 0 Å². The third kappa shape index (κ3) is 4.36. The van der Waals surface area contributed by atoms with Gasteiger partial charge in [0.1, 0.15) is 5.84 Å². The molecule has 0 bridgehead atoms. The van der Waals surface area contributed by atoms with Gasteiger partial charge in [-0.2, -0.15) is 0 Å². The smallest absolute Gasteiger partial charge is 0.161 e. The number of nitrogens with one attached hydrogen (secondary N) is 1. The molecular formula is C16H25N3O2. The number of benzene rings is 1. The molecule has 21 heavy (non-hydrogen) atoms. The van der Waals surface area contributed by atoms with Gasteiger partial charge in [0, 0.05) is 6.42 Å². The maximum atomic E-state index is 5.63. The first-order valence-corrected chi connectivity index (χ1v) is 7.51. The summed E-state index contributed by atoms with van der Waals surface area (Å²) in [6.07, 6.45) is 6.86. The third-order valence-electron chi connectivity index (χ3n) is 3.90. The highest BCUT2D eigenvalue weighted by Gasteiger charge is 2.13. The molecule has 3 N–H and O–H groups in total. The molecule has 1 aromatic carbocycles. The quantitative estimate of drug-likeness (QED) is 0.378. The van der Waals surface area contributed by atoms with E-state index in [1.807, 2.05) is 18.2 Å². The standard InChI is InChI=1S/C16H25N3O2/c1-20-14-9-8-12(10-15(14)21-2)11-16(19-17)18-13-6-4-3-5-7-13/h8-10,13H,3-7,11,17H2,1-2H3,(H,18,19). The Kier molecular flexibility index (Phi) is 5.87. The first kappa shape index (κ1) is 15.6. The van der Waals surface area contributed by atoms with Crippen molar-refractivity contribution in [3.8, 4) is 11.5 Å². The summed E-state index contributed by atoms with van der Waals surface area (Å²) in [5.41, 5.74) is 3.84. The second kappa shape index (κ2) is 7.88. The average Bonchev–Trinajstić information content (AvgIpc) is 2.55. The monoisotopic (exact) mass is 291 g/mol. The number of hydrazine groups is 1. The van der Waals surface area contributed by atoms with Crippen LogP contribution >= 0.6 is 0 Å². The Morgan fingerprint density at radius 3 is 2.52 bits per heavy atom. The fourth-order valence-electron chi connectivity index (χ4n) is 2.75. The van der Waals surface area contributed by atoms with Crippen molar-refractivity contribution in [3.63, 3.8) is 0 Å². The highest BCUT2D eigenvalue weighted by Crippen LogP contribution is 2.28. The van der Waals surface area contributed by atoms with Gasteiger partial charge in [0.2, 0.25) is 0 Å². The minimum absolute atomic E-state index is 0.407. The average molecular weight is 291 g/mol. The number of rotatable bonds is 5. The van der Waals surface area contributed by atoms with E-state index in [9.17, 15) is 0 Å². The first-order valence-electron chi connectivity index (χ1n) is 7.51. The van der Waals surface area contributed by atoms with Gasteiger partial charge in [-0.3, -0.25) is 4.99 Å². The van der Waals surface area contributed by atoms with Crippen LogP contribution in [0.3, 0.4) is 0 Å². The van der Waals surface area contributed by atoms with E-state index in [1.165, 1.54) is 19.3 Å². The fourth-order valence-corrected chi connectivity index (χ4v) is 2.75. The number of ether oxygens (including phenoxy) is 2. The summed E-state index contributed by atoms with van der Waals surface area (Å²) in [6, 6.07) is 6.29. The van der Waals surface area contributed by atoms with Crippen LogP contribution in [0, 0.1) is 0 Å². The summed E-state index contributed by atoms with van der Waals surface area (Å²) >= 11 is 0. The predicted molar refractivity (Wildman–Crippen MR) is 84.9 cm³/mol. The van der Waals surface area contributed by atoms with Crippen LogP contribution in [0.4, 0.5) is 0 Å². The third-order valence-corrected chi connectivity index (χ3v) is 3.90. The van der Waals surface area contributed by atoms with Crippen LogP contribution in [0.15, 0.2) is 23.2 Å². The molecule has 0 aromatic heterocycles. The van der Waals surface area contributed by atoms with Crippen LogP contribution < -0.4 is 20.7 Å². The van der Waals surface area contributed by atoms with Gasteiger partial charge in [0.25, 0.3) is 0 Å². The van der Waals surface area contributed by atoms with E-state index < -0.39 is 0 Å². The fraction of sp³-hybridized carbons (Fsp3) is 0.562. The highest BCUT2D eigenvalue weighted by molar-refractivity contribution is 5.84. The molecule has 2 rings (SSSR count). The molecule has 0 saturated heterocycles. The van der Waals surface area contributed by atoms with Crippen molar-refractivity contribution in [2.75, 3.05) is 14.2 Å². The van der Waals surface area contributed by atoms with E-state index in [0.29, 0.717) is 12.5 Å². The van der Waals surface area contributed by atoms with Crippen LogP contribution in [-0.2, 0) is 6.42 Å². The lowest BCUT2D eigenvalue weighted by atomic mass is 9.96. The van der Waals surface area contributed by atoms with E-state index in [0.717, 1.165) is 35.7 Å². The predicted octanol–water partition coefficient (Wildman–Crippen LogP) is 2.44. The molecule has 0 atom stereocenters. The van der Waals surface area contributed by atoms with Crippen molar-refractivity contribution in [1.82, 2.24) is 5.43 Å². The molecule has 5 heteroatoms. The zero-order chi connectivity index (χ0) is 15.1. The summed E-state index contributed by atoms with van der Waals surface area (Å²) in [5.74, 6) is 7.91. The van der Waals surface area contributed by atoms with Crippen molar-refractivity contribution < 1.29 is 9.47 Å². The van der Waals surface area contributed by atoms with Gasteiger partial charge in [-0.25, -0.2) is 5.84 Å².